The lowest BCUT2D eigenvalue weighted by Gasteiger charge is -2.07. The SMILES string of the molecule is COc1cc(OC)cc(C(=O)Nc2nnc(-c3nc(C)sc3C)o2)c1. The van der Waals surface area contributed by atoms with E-state index in [0.717, 1.165) is 9.88 Å². The molecule has 2 aromatic heterocycles. The molecule has 1 N–H and O–H groups in total. The first kappa shape index (κ1) is 16.9. The van der Waals surface area contributed by atoms with Crippen molar-refractivity contribution in [2.75, 3.05) is 19.5 Å². The van der Waals surface area contributed by atoms with E-state index < -0.39 is 5.91 Å². The van der Waals surface area contributed by atoms with Crippen molar-refractivity contribution in [2.24, 2.45) is 0 Å². The summed E-state index contributed by atoms with van der Waals surface area (Å²) in [7, 11) is 3.03. The van der Waals surface area contributed by atoms with Gasteiger partial charge in [-0.1, -0.05) is 5.10 Å². The highest BCUT2D eigenvalue weighted by Crippen LogP contribution is 2.27. The molecule has 0 aliphatic heterocycles. The minimum absolute atomic E-state index is 0.00756. The van der Waals surface area contributed by atoms with Crippen molar-refractivity contribution in [1.29, 1.82) is 0 Å². The number of nitrogens with one attached hydrogen (secondary N) is 1. The summed E-state index contributed by atoms with van der Waals surface area (Å²) in [5.41, 5.74) is 0.968. The van der Waals surface area contributed by atoms with Crippen molar-refractivity contribution < 1.29 is 18.7 Å². The summed E-state index contributed by atoms with van der Waals surface area (Å²) in [5, 5.41) is 11.3. The van der Waals surface area contributed by atoms with Crippen LogP contribution in [-0.2, 0) is 0 Å². The second-order valence-electron chi connectivity index (χ2n) is 5.11. The fourth-order valence-corrected chi connectivity index (χ4v) is 3.01. The number of carbonyl (C=O) groups excluding carboxylic acids is 1. The molecule has 9 heteroatoms. The van der Waals surface area contributed by atoms with E-state index in [1.54, 1.807) is 18.2 Å². The number of ether oxygens (including phenoxy) is 2. The highest BCUT2D eigenvalue weighted by molar-refractivity contribution is 7.11. The van der Waals surface area contributed by atoms with Gasteiger partial charge in [0.1, 0.15) is 17.2 Å². The zero-order valence-corrected chi connectivity index (χ0v) is 14.9. The van der Waals surface area contributed by atoms with Crippen LogP contribution in [0.5, 0.6) is 11.5 Å². The van der Waals surface area contributed by atoms with Crippen molar-refractivity contribution in [3.8, 4) is 23.1 Å². The van der Waals surface area contributed by atoms with Crippen LogP contribution in [0.1, 0.15) is 20.2 Å². The summed E-state index contributed by atoms with van der Waals surface area (Å²) in [6.45, 7) is 3.82. The first-order valence-corrected chi connectivity index (χ1v) is 8.14. The van der Waals surface area contributed by atoms with Crippen molar-refractivity contribution in [3.05, 3.63) is 33.6 Å². The molecule has 0 fully saturated rings. The molecule has 0 saturated carbocycles. The van der Waals surface area contributed by atoms with Gasteiger partial charge in [-0.05, 0) is 26.0 Å². The van der Waals surface area contributed by atoms with Crippen molar-refractivity contribution in [3.63, 3.8) is 0 Å². The Morgan fingerprint density at radius 1 is 1.12 bits per heavy atom. The Morgan fingerprint density at radius 2 is 1.80 bits per heavy atom. The Balaban J connectivity index is 1.81. The molecule has 0 spiro atoms. The summed E-state index contributed by atoms with van der Waals surface area (Å²) in [4.78, 5) is 17.7. The molecule has 1 aromatic carbocycles. The lowest BCUT2D eigenvalue weighted by molar-refractivity contribution is 0.102. The molecule has 8 nitrogen and oxygen atoms in total. The fourth-order valence-electron chi connectivity index (χ4n) is 2.20. The van der Waals surface area contributed by atoms with Crippen LogP contribution >= 0.6 is 11.3 Å². The maximum atomic E-state index is 12.4. The number of aryl methyl sites for hydroxylation is 2. The third-order valence-electron chi connectivity index (χ3n) is 3.37. The van der Waals surface area contributed by atoms with E-state index in [9.17, 15) is 4.79 Å². The molecule has 0 aliphatic carbocycles. The van der Waals surface area contributed by atoms with Gasteiger partial charge in [0.05, 0.1) is 19.2 Å². The number of hydrogen-bond acceptors (Lipinski definition) is 8. The molecule has 130 valence electrons. The van der Waals surface area contributed by atoms with Crippen LogP contribution in [0.4, 0.5) is 6.01 Å². The van der Waals surface area contributed by atoms with Gasteiger partial charge in [-0.15, -0.1) is 16.4 Å². The minimum Gasteiger partial charge on any atom is -0.497 e. The number of amides is 1. The van der Waals surface area contributed by atoms with Gasteiger partial charge in [0.15, 0.2) is 0 Å². The Labute approximate surface area is 147 Å². The summed E-state index contributed by atoms with van der Waals surface area (Å²) >= 11 is 1.54. The van der Waals surface area contributed by atoms with Crippen LogP contribution in [0.15, 0.2) is 22.6 Å². The number of aromatic nitrogens is 3. The maximum Gasteiger partial charge on any atom is 0.322 e. The number of carbonyl (C=O) groups is 1. The van der Waals surface area contributed by atoms with Crippen LogP contribution in [0.3, 0.4) is 0 Å². The van der Waals surface area contributed by atoms with Gasteiger partial charge in [-0.2, -0.15) is 0 Å². The first-order valence-electron chi connectivity index (χ1n) is 7.32. The average molecular weight is 360 g/mol. The van der Waals surface area contributed by atoms with E-state index in [1.807, 2.05) is 13.8 Å². The zero-order valence-electron chi connectivity index (χ0n) is 14.1. The number of nitrogens with zero attached hydrogens (tertiary/aromatic N) is 3. The molecule has 0 aliphatic rings. The van der Waals surface area contributed by atoms with E-state index in [1.165, 1.54) is 25.6 Å². The monoisotopic (exact) mass is 360 g/mol. The highest BCUT2D eigenvalue weighted by Gasteiger charge is 2.17. The predicted octanol–water partition coefficient (Wildman–Crippen LogP) is 3.08. The van der Waals surface area contributed by atoms with E-state index in [2.05, 4.69) is 20.5 Å². The number of benzene rings is 1. The third-order valence-corrected chi connectivity index (χ3v) is 4.25. The Hall–Kier alpha value is -2.94. The fraction of sp³-hybridized carbons (Fsp3) is 0.250. The second kappa shape index (κ2) is 6.89. The van der Waals surface area contributed by atoms with E-state index in [0.29, 0.717) is 22.8 Å². The largest absolute Gasteiger partial charge is 0.497 e. The zero-order chi connectivity index (χ0) is 18.0. The number of methoxy groups -OCH3 is 2. The lowest BCUT2D eigenvalue weighted by Crippen LogP contribution is -2.12. The normalized spacial score (nSPS) is 10.6. The summed E-state index contributed by atoms with van der Waals surface area (Å²) in [6, 6.07) is 4.84. The van der Waals surface area contributed by atoms with Gasteiger partial charge < -0.3 is 13.9 Å². The van der Waals surface area contributed by atoms with Gasteiger partial charge in [0.2, 0.25) is 0 Å². The number of thiazole rings is 1. The molecule has 0 atom stereocenters. The Bertz CT molecular complexity index is 897. The van der Waals surface area contributed by atoms with Gasteiger partial charge in [0.25, 0.3) is 11.8 Å². The van der Waals surface area contributed by atoms with E-state index in [4.69, 9.17) is 13.9 Å². The molecule has 0 radical (unpaired) electrons. The highest BCUT2D eigenvalue weighted by atomic mass is 32.1. The van der Waals surface area contributed by atoms with Crippen LogP contribution in [-0.4, -0.2) is 35.3 Å². The Kier molecular flexibility index (Phi) is 4.66. The molecular formula is C16H16N4O4S. The molecule has 3 rings (SSSR count). The van der Waals surface area contributed by atoms with Crippen LogP contribution < -0.4 is 14.8 Å². The predicted molar refractivity (Wildman–Crippen MR) is 92.4 cm³/mol. The van der Waals surface area contributed by atoms with Crippen LogP contribution in [0.2, 0.25) is 0 Å². The van der Waals surface area contributed by atoms with Crippen molar-refractivity contribution in [2.45, 2.75) is 13.8 Å². The molecule has 0 unspecified atom stereocenters. The summed E-state index contributed by atoms with van der Waals surface area (Å²) < 4.78 is 15.8. The van der Waals surface area contributed by atoms with Crippen LogP contribution in [0.25, 0.3) is 11.6 Å². The van der Waals surface area contributed by atoms with Gasteiger partial charge in [0, 0.05) is 16.5 Å². The molecule has 25 heavy (non-hydrogen) atoms. The maximum absolute atomic E-state index is 12.4. The first-order chi connectivity index (χ1) is 12.0. The smallest absolute Gasteiger partial charge is 0.322 e. The molecule has 0 bridgehead atoms. The molecular weight excluding hydrogens is 344 g/mol. The molecule has 0 saturated heterocycles. The van der Waals surface area contributed by atoms with Crippen molar-refractivity contribution >= 4 is 23.3 Å². The average Bonchev–Trinajstić information content (AvgIpc) is 3.19. The molecule has 2 heterocycles. The number of rotatable bonds is 5. The Morgan fingerprint density at radius 3 is 2.36 bits per heavy atom. The standard InChI is InChI=1S/C16H16N4O4S/c1-8-13(17-9(2)25-8)15-19-20-16(24-15)18-14(21)10-5-11(22-3)7-12(6-10)23-4/h5-7H,1-4H3,(H,18,20,21). The topological polar surface area (TPSA) is 99.4 Å². The van der Waals surface area contributed by atoms with Gasteiger partial charge in [-0.25, -0.2) is 4.98 Å². The summed E-state index contributed by atoms with van der Waals surface area (Å²) in [5.74, 6) is 0.854. The quantitative estimate of drug-likeness (QED) is 0.746. The molecule has 1 amide bonds. The van der Waals surface area contributed by atoms with Crippen molar-refractivity contribution in [1.82, 2.24) is 15.2 Å². The number of anilines is 1. The van der Waals surface area contributed by atoms with Gasteiger partial charge >= 0.3 is 6.01 Å². The third kappa shape index (κ3) is 3.61. The lowest BCUT2D eigenvalue weighted by atomic mass is 10.2. The molecule has 3 aromatic rings. The van der Waals surface area contributed by atoms with Gasteiger partial charge in [-0.3, -0.25) is 10.1 Å². The number of hydrogen-bond donors (Lipinski definition) is 1. The second-order valence-corrected chi connectivity index (χ2v) is 6.51. The summed E-state index contributed by atoms with van der Waals surface area (Å²) in [6.07, 6.45) is 0. The van der Waals surface area contributed by atoms with E-state index >= 15 is 0 Å². The van der Waals surface area contributed by atoms with Crippen LogP contribution in [0, 0.1) is 13.8 Å². The van der Waals surface area contributed by atoms with E-state index in [-0.39, 0.29) is 11.9 Å². The minimum atomic E-state index is -0.418.